The lowest BCUT2D eigenvalue weighted by molar-refractivity contribution is -0.385. The van der Waals surface area contributed by atoms with Crippen LogP contribution < -0.4 is 5.32 Å². The fraction of sp³-hybridized carbons (Fsp3) is 0.643. The van der Waals surface area contributed by atoms with Crippen molar-refractivity contribution in [2.45, 2.75) is 52.4 Å². The Morgan fingerprint density at radius 1 is 1.26 bits per heavy atom. The fourth-order valence-corrected chi connectivity index (χ4v) is 1.96. The highest BCUT2D eigenvalue weighted by atomic mass is 16.6. The first-order valence-corrected chi connectivity index (χ1v) is 7.00. The molecule has 106 valence electrons. The molecule has 5 heteroatoms. The van der Waals surface area contributed by atoms with Crippen LogP contribution in [0.5, 0.6) is 0 Å². The second-order valence-electron chi connectivity index (χ2n) is 4.81. The Hall–Kier alpha value is -1.65. The van der Waals surface area contributed by atoms with Gasteiger partial charge in [0.05, 0.1) is 4.92 Å². The molecule has 0 saturated carbocycles. The lowest BCUT2D eigenvalue weighted by atomic mass is 10.1. The maximum absolute atomic E-state index is 10.6. The van der Waals surface area contributed by atoms with Gasteiger partial charge < -0.3 is 5.32 Å². The Labute approximate surface area is 114 Å². The van der Waals surface area contributed by atoms with Crippen molar-refractivity contribution in [2.24, 2.45) is 0 Å². The second-order valence-corrected chi connectivity index (χ2v) is 4.81. The number of nitrogens with one attached hydrogen (secondary N) is 1. The molecule has 0 unspecified atom stereocenters. The fourth-order valence-electron chi connectivity index (χ4n) is 1.96. The Morgan fingerprint density at radius 2 is 1.95 bits per heavy atom. The SMILES string of the molecule is CCCCCCCCNc1ncc([N+](=O)[O-])cc1C. The van der Waals surface area contributed by atoms with Crippen LogP contribution in [0.15, 0.2) is 12.3 Å². The number of hydrogen-bond acceptors (Lipinski definition) is 4. The van der Waals surface area contributed by atoms with E-state index >= 15 is 0 Å². The van der Waals surface area contributed by atoms with Gasteiger partial charge in [-0.15, -0.1) is 0 Å². The van der Waals surface area contributed by atoms with E-state index in [1.807, 2.05) is 6.92 Å². The number of pyridine rings is 1. The molecule has 1 aromatic heterocycles. The minimum absolute atomic E-state index is 0.0441. The summed E-state index contributed by atoms with van der Waals surface area (Å²) in [6.07, 6.45) is 8.81. The van der Waals surface area contributed by atoms with E-state index < -0.39 is 4.92 Å². The molecule has 0 aromatic carbocycles. The zero-order valence-electron chi connectivity index (χ0n) is 11.8. The van der Waals surface area contributed by atoms with Gasteiger partial charge >= 0.3 is 0 Å². The third-order valence-corrected chi connectivity index (χ3v) is 3.10. The molecule has 1 rings (SSSR count). The van der Waals surface area contributed by atoms with Crippen LogP contribution in [0.25, 0.3) is 0 Å². The van der Waals surface area contributed by atoms with Crippen molar-refractivity contribution in [1.82, 2.24) is 4.98 Å². The summed E-state index contributed by atoms with van der Waals surface area (Å²) < 4.78 is 0. The van der Waals surface area contributed by atoms with Crippen LogP contribution in [0.4, 0.5) is 11.5 Å². The highest BCUT2D eigenvalue weighted by molar-refractivity contribution is 5.48. The quantitative estimate of drug-likeness (QED) is 0.415. The van der Waals surface area contributed by atoms with Crippen molar-refractivity contribution in [2.75, 3.05) is 11.9 Å². The summed E-state index contributed by atoms with van der Waals surface area (Å²) in [5.41, 5.74) is 0.864. The summed E-state index contributed by atoms with van der Waals surface area (Å²) in [4.78, 5) is 14.3. The predicted molar refractivity (Wildman–Crippen MR) is 77.5 cm³/mol. The average molecular weight is 265 g/mol. The van der Waals surface area contributed by atoms with Gasteiger partial charge in [-0.1, -0.05) is 39.0 Å². The monoisotopic (exact) mass is 265 g/mol. The molecule has 0 radical (unpaired) electrons. The van der Waals surface area contributed by atoms with Gasteiger partial charge in [-0.2, -0.15) is 0 Å². The first kappa shape index (κ1) is 15.4. The van der Waals surface area contributed by atoms with Crippen molar-refractivity contribution in [1.29, 1.82) is 0 Å². The third-order valence-electron chi connectivity index (χ3n) is 3.10. The Morgan fingerprint density at radius 3 is 2.58 bits per heavy atom. The van der Waals surface area contributed by atoms with E-state index in [-0.39, 0.29) is 5.69 Å². The van der Waals surface area contributed by atoms with E-state index in [9.17, 15) is 10.1 Å². The minimum Gasteiger partial charge on any atom is -0.370 e. The molecule has 0 aliphatic rings. The van der Waals surface area contributed by atoms with Gasteiger partial charge in [0.15, 0.2) is 0 Å². The summed E-state index contributed by atoms with van der Waals surface area (Å²) in [5.74, 6) is 0.749. The maximum atomic E-state index is 10.6. The summed E-state index contributed by atoms with van der Waals surface area (Å²) >= 11 is 0. The molecule has 0 saturated heterocycles. The molecule has 1 N–H and O–H groups in total. The van der Waals surface area contributed by atoms with Gasteiger partial charge in [-0.25, -0.2) is 4.98 Å². The number of nitrogens with zero attached hydrogens (tertiary/aromatic N) is 2. The van der Waals surface area contributed by atoms with Crippen molar-refractivity contribution in [3.63, 3.8) is 0 Å². The molecule has 0 aliphatic heterocycles. The van der Waals surface area contributed by atoms with Crippen molar-refractivity contribution in [3.05, 3.63) is 27.9 Å². The zero-order chi connectivity index (χ0) is 14.1. The molecule has 0 aliphatic carbocycles. The molecule has 1 aromatic rings. The second kappa shape index (κ2) is 8.45. The lowest BCUT2D eigenvalue weighted by Gasteiger charge is -2.07. The topological polar surface area (TPSA) is 68.1 Å². The lowest BCUT2D eigenvalue weighted by Crippen LogP contribution is -2.05. The van der Waals surface area contributed by atoms with E-state index in [1.165, 1.54) is 38.3 Å². The zero-order valence-corrected chi connectivity index (χ0v) is 11.8. The predicted octanol–water partition coefficient (Wildman–Crippen LogP) is 4.07. The molecule has 0 bridgehead atoms. The van der Waals surface area contributed by atoms with Crippen LogP contribution in [0.2, 0.25) is 0 Å². The molecule has 0 spiro atoms. The number of unbranched alkanes of at least 4 members (excludes halogenated alkanes) is 5. The van der Waals surface area contributed by atoms with E-state index in [0.717, 1.165) is 24.3 Å². The van der Waals surface area contributed by atoms with Gasteiger partial charge in [0.25, 0.3) is 5.69 Å². The van der Waals surface area contributed by atoms with Gasteiger partial charge in [-0.3, -0.25) is 10.1 Å². The van der Waals surface area contributed by atoms with Crippen molar-refractivity contribution >= 4 is 11.5 Å². The largest absolute Gasteiger partial charge is 0.370 e. The van der Waals surface area contributed by atoms with Crippen LogP contribution in [0.3, 0.4) is 0 Å². The standard InChI is InChI=1S/C14H23N3O2/c1-3-4-5-6-7-8-9-15-14-12(2)10-13(11-16-14)17(18)19/h10-11H,3-9H2,1-2H3,(H,15,16). The number of aryl methyl sites for hydroxylation is 1. The Balaban J connectivity index is 2.28. The molecule has 0 fully saturated rings. The molecule has 0 amide bonds. The summed E-state index contributed by atoms with van der Waals surface area (Å²) in [7, 11) is 0. The number of nitro groups is 1. The number of anilines is 1. The van der Waals surface area contributed by atoms with E-state index in [1.54, 1.807) is 6.07 Å². The Kier molecular flexibility index (Phi) is 6.85. The summed E-state index contributed by atoms with van der Waals surface area (Å²) in [6, 6.07) is 1.55. The maximum Gasteiger partial charge on any atom is 0.287 e. The van der Waals surface area contributed by atoms with E-state index in [2.05, 4.69) is 17.2 Å². The molecule has 0 atom stereocenters. The highest BCUT2D eigenvalue weighted by Gasteiger charge is 2.08. The molecule has 5 nitrogen and oxygen atoms in total. The van der Waals surface area contributed by atoms with Gasteiger partial charge in [0.1, 0.15) is 12.0 Å². The summed E-state index contributed by atoms with van der Waals surface area (Å²) in [6.45, 7) is 4.92. The molecular formula is C14H23N3O2. The third kappa shape index (κ3) is 5.68. The van der Waals surface area contributed by atoms with Gasteiger partial charge in [0.2, 0.25) is 0 Å². The number of aromatic nitrogens is 1. The number of hydrogen-bond donors (Lipinski definition) is 1. The molecule has 19 heavy (non-hydrogen) atoms. The average Bonchev–Trinajstić information content (AvgIpc) is 2.39. The van der Waals surface area contributed by atoms with Crippen molar-refractivity contribution in [3.8, 4) is 0 Å². The minimum atomic E-state index is -0.419. The first-order valence-electron chi connectivity index (χ1n) is 7.00. The van der Waals surface area contributed by atoms with E-state index in [0.29, 0.717) is 0 Å². The first-order chi connectivity index (χ1) is 9.15. The van der Waals surface area contributed by atoms with Crippen LogP contribution in [0.1, 0.15) is 51.0 Å². The summed E-state index contributed by atoms with van der Waals surface area (Å²) in [5, 5.41) is 13.8. The normalized spacial score (nSPS) is 10.4. The molecular weight excluding hydrogens is 242 g/mol. The smallest absolute Gasteiger partial charge is 0.287 e. The van der Waals surface area contributed by atoms with Crippen LogP contribution in [-0.2, 0) is 0 Å². The van der Waals surface area contributed by atoms with E-state index in [4.69, 9.17) is 0 Å². The van der Waals surface area contributed by atoms with Crippen LogP contribution in [0, 0.1) is 17.0 Å². The van der Waals surface area contributed by atoms with Crippen LogP contribution >= 0.6 is 0 Å². The van der Waals surface area contributed by atoms with Gasteiger partial charge in [-0.05, 0) is 18.9 Å². The van der Waals surface area contributed by atoms with Crippen LogP contribution in [-0.4, -0.2) is 16.5 Å². The number of rotatable bonds is 9. The Bertz CT molecular complexity index is 408. The molecule has 1 heterocycles. The highest BCUT2D eigenvalue weighted by Crippen LogP contribution is 2.17. The van der Waals surface area contributed by atoms with Gasteiger partial charge in [0, 0.05) is 12.6 Å². The van der Waals surface area contributed by atoms with Crippen molar-refractivity contribution < 1.29 is 4.92 Å².